The van der Waals surface area contributed by atoms with Gasteiger partial charge in [0, 0.05) is 24.0 Å². The predicted molar refractivity (Wildman–Crippen MR) is 76.1 cm³/mol. The number of nitrogens with one attached hydrogen (secondary N) is 2. The molecular formula is C15H16N2O2. The van der Waals surface area contributed by atoms with Gasteiger partial charge in [-0.2, -0.15) is 0 Å². The molecule has 2 aromatic rings. The molecule has 0 saturated heterocycles. The van der Waals surface area contributed by atoms with E-state index < -0.39 is 0 Å². The molecule has 2 aromatic carbocycles. The topological polar surface area (TPSA) is 50.4 Å². The number of hydrogen-bond donors (Lipinski definition) is 2. The van der Waals surface area contributed by atoms with Gasteiger partial charge in [-0.25, -0.2) is 0 Å². The lowest BCUT2D eigenvalue weighted by molar-refractivity contribution is 0.0963. The zero-order valence-corrected chi connectivity index (χ0v) is 10.9. The average Bonchev–Trinajstić information content (AvgIpc) is 2.48. The lowest BCUT2D eigenvalue weighted by Gasteiger charge is -2.08. The molecule has 0 heterocycles. The Morgan fingerprint density at radius 3 is 1.95 bits per heavy atom. The second-order valence-corrected chi connectivity index (χ2v) is 4.01. The predicted octanol–water partition coefficient (Wildman–Crippen LogP) is 2.80. The largest absolute Gasteiger partial charge is 0.497 e. The van der Waals surface area contributed by atoms with Crippen molar-refractivity contribution in [2.45, 2.75) is 0 Å². The molecule has 0 radical (unpaired) electrons. The van der Waals surface area contributed by atoms with Crippen LogP contribution in [0.4, 0.5) is 11.4 Å². The lowest BCUT2D eigenvalue weighted by Crippen LogP contribution is -2.17. The van der Waals surface area contributed by atoms with Crippen LogP contribution >= 0.6 is 0 Å². The molecule has 0 fully saturated rings. The summed E-state index contributed by atoms with van der Waals surface area (Å²) in [5.74, 6) is 0.733. The van der Waals surface area contributed by atoms with Gasteiger partial charge >= 0.3 is 0 Å². The van der Waals surface area contributed by atoms with Crippen molar-refractivity contribution >= 4 is 17.3 Å². The van der Waals surface area contributed by atoms with Gasteiger partial charge in [-0.15, -0.1) is 0 Å². The molecular weight excluding hydrogens is 240 g/mol. The first-order valence-electron chi connectivity index (χ1n) is 5.96. The number of carbonyl (C=O) groups is 1. The highest BCUT2D eigenvalue weighted by Crippen LogP contribution is 2.20. The maximum absolute atomic E-state index is 11.4. The first kappa shape index (κ1) is 13.0. The Morgan fingerprint density at radius 1 is 0.947 bits per heavy atom. The first-order chi connectivity index (χ1) is 9.22. The molecule has 0 aromatic heterocycles. The number of ether oxygens (including phenoxy) is 1. The second kappa shape index (κ2) is 5.91. The van der Waals surface area contributed by atoms with Gasteiger partial charge in [-0.05, 0) is 48.5 Å². The van der Waals surface area contributed by atoms with Gasteiger partial charge in [0.25, 0.3) is 5.91 Å². The third-order valence-corrected chi connectivity index (χ3v) is 2.75. The Hall–Kier alpha value is -2.49. The molecule has 4 heteroatoms. The minimum absolute atomic E-state index is 0.0870. The van der Waals surface area contributed by atoms with E-state index in [-0.39, 0.29) is 5.91 Å². The highest BCUT2D eigenvalue weighted by atomic mass is 16.5. The van der Waals surface area contributed by atoms with Crippen LogP contribution in [0.25, 0.3) is 0 Å². The summed E-state index contributed by atoms with van der Waals surface area (Å²) in [4.78, 5) is 11.4. The number of rotatable bonds is 4. The van der Waals surface area contributed by atoms with Crippen molar-refractivity contribution in [2.24, 2.45) is 0 Å². The molecule has 0 aliphatic rings. The summed E-state index contributed by atoms with van der Waals surface area (Å²) in [5.41, 5.74) is 2.54. The van der Waals surface area contributed by atoms with Gasteiger partial charge in [0.15, 0.2) is 0 Å². The van der Waals surface area contributed by atoms with E-state index in [0.29, 0.717) is 5.56 Å². The minimum Gasteiger partial charge on any atom is -0.497 e. The molecule has 2 N–H and O–H groups in total. The fourth-order valence-corrected chi connectivity index (χ4v) is 1.69. The molecule has 1 amide bonds. The molecule has 0 aliphatic carbocycles. The molecule has 0 atom stereocenters. The lowest BCUT2D eigenvalue weighted by atomic mass is 10.2. The van der Waals surface area contributed by atoms with Crippen molar-refractivity contribution in [2.75, 3.05) is 19.5 Å². The van der Waals surface area contributed by atoms with Gasteiger partial charge in [0.2, 0.25) is 0 Å². The molecule has 0 aliphatic heterocycles. The van der Waals surface area contributed by atoms with Crippen LogP contribution in [-0.2, 0) is 0 Å². The van der Waals surface area contributed by atoms with Crippen LogP contribution in [0, 0.1) is 0 Å². The standard InChI is InChI=1S/C15H16N2O2/c1-16-15(18)11-3-5-12(6-4-11)17-13-7-9-14(19-2)10-8-13/h3-10,17H,1-2H3,(H,16,18). The maximum Gasteiger partial charge on any atom is 0.251 e. The molecule has 0 spiro atoms. The van der Waals surface area contributed by atoms with Crippen molar-refractivity contribution in [3.63, 3.8) is 0 Å². The van der Waals surface area contributed by atoms with E-state index in [4.69, 9.17) is 4.74 Å². The number of methoxy groups -OCH3 is 1. The summed E-state index contributed by atoms with van der Waals surface area (Å²) in [6.45, 7) is 0. The quantitative estimate of drug-likeness (QED) is 0.884. The molecule has 0 saturated carbocycles. The molecule has 0 unspecified atom stereocenters. The summed E-state index contributed by atoms with van der Waals surface area (Å²) in [7, 11) is 3.26. The molecule has 0 bridgehead atoms. The Kier molecular flexibility index (Phi) is 4.03. The van der Waals surface area contributed by atoms with Crippen molar-refractivity contribution < 1.29 is 9.53 Å². The SMILES string of the molecule is CNC(=O)c1ccc(Nc2ccc(OC)cc2)cc1. The summed E-state index contributed by atoms with van der Waals surface area (Å²) < 4.78 is 5.10. The molecule has 4 nitrogen and oxygen atoms in total. The minimum atomic E-state index is -0.0870. The van der Waals surface area contributed by atoms with E-state index in [1.54, 1.807) is 26.3 Å². The van der Waals surface area contributed by atoms with Crippen molar-refractivity contribution in [3.8, 4) is 5.75 Å². The Morgan fingerprint density at radius 2 is 1.47 bits per heavy atom. The Bertz CT molecular complexity index is 547. The van der Waals surface area contributed by atoms with Crippen LogP contribution in [0.2, 0.25) is 0 Å². The first-order valence-corrected chi connectivity index (χ1v) is 5.96. The highest BCUT2D eigenvalue weighted by Gasteiger charge is 2.02. The molecule has 19 heavy (non-hydrogen) atoms. The van der Waals surface area contributed by atoms with E-state index >= 15 is 0 Å². The van der Waals surface area contributed by atoms with Gasteiger partial charge in [0.1, 0.15) is 5.75 Å². The zero-order valence-electron chi connectivity index (χ0n) is 10.9. The van der Waals surface area contributed by atoms with Gasteiger partial charge < -0.3 is 15.4 Å². The van der Waals surface area contributed by atoms with Crippen LogP contribution < -0.4 is 15.4 Å². The van der Waals surface area contributed by atoms with Gasteiger partial charge in [0.05, 0.1) is 7.11 Å². The fraction of sp³-hybridized carbons (Fsp3) is 0.133. The van der Waals surface area contributed by atoms with E-state index in [9.17, 15) is 4.79 Å². The zero-order chi connectivity index (χ0) is 13.7. The van der Waals surface area contributed by atoms with Crippen LogP contribution in [-0.4, -0.2) is 20.1 Å². The van der Waals surface area contributed by atoms with Gasteiger partial charge in [-0.1, -0.05) is 0 Å². The number of hydrogen-bond acceptors (Lipinski definition) is 3. The average molecular weight is 256 g/mol. The van der Waals surface area contributed by atoms with Crippen molar-refractivity contribution in [3.05, 3.63) is 54.1 Å². The number of carbonyl (C=O) groups excluding carboxylic acids is 1. The van der Waals surface area contributed by atoms with Crippen LogP contribution in [0.3, 0.4) is 0 Å². The van der Waals surface area contributed by atoms with Crippen LogP contribution in [0.5, 0.6) is 5.75 Å². The third kappa shape index (κ3) is 3.25. The monoisotopic (exact) mass is 256 g/mol. The van der Waals surface area contributed by atoms with Crippen LogP contribution in [0.15, 0.2) is 48.5 Å². The number of benzene rings is 2. The van der Waals surface area contributed by atoms with E-state index in [2.05, 4.69) is 10.6 Å². The third-order valence-electron chi connectivity index (χ3n) is 2.75. The Labute approximate surface area is 112 Å². The maximum atomic E-state index is 11.4. The normalized spacial score (nSPS) is 9.79. The summed E-state index contributed by atoms with van der Waals surface area (Å²) >= 11 is 0. The van der Waals surface area contributed by atoms with E-state index in [1.807, 2.05) is 36.4 Å². The summed E-state index contributed by atoms with van der Waals surface area (Å²) in [6.07, 6.45) is 0. The van der Waals surface area contributed by atoms with Crippen molar-refractivity contribution in [1.82, 2.24) is 5.32 Å². The molecule has 2 rings (SSSR count). The Balaban J connectivity index is 2.08. The van der Waals surface area contributed by atoms with Crippen LogP contribution in [0.1, 0.15) is 10.4 Å². The summed E-state index contributed by atoms with van der Waals surface area (Å²) in [5, 5.41) is 5.84. The summed E-state index contributed by atoms with van der Waals surface area (Å²) in [6, 6.07) is 15.0. The fourth-order valence-electron chi connectivity index (χ4n) is 1.69. The van der Waals surface area contributed by atoms with Gasteiger partial charge in [-0.3, -0.25) is 4.79 Å². The van der Waals surface area contributed by atoms with E-state index in [0.717, 1.165) is 17.1 Å². The number of anilines is 2. The van der Waals surface area contributed by atoms with E-state index in [1.165, 1.54) is 0 Å². The number of amides is 1. The highest BCUT2D eigenvalue weighted by molar-refractivity contribution is 5.94. The van der Waals surface area contributed by atoms with Crippen molar-refractivity contribution in [1.29, 1.82) is 0 Å². The second-order valence-electron chi connectivity index (χ2n) is 4.01. The molecule has 98 valence electrons. The smallest absolute Gasteiger partial charge is 0.251 e.